The third kappa shape index (κ3) is 7.22. The van der Waals surface area contributed by atoms with E-state index < -0.39 is 68.2 Å². The van der Waals surface area contributed by atoms with Gasteiger partial charge in [0.05, 0.1) is 18.4 Å². The summed E-state index contributed by atoms with van der Waals surface area (Å²) >= 11 is 0. The number of benzene rings is 1. The third-order valence-corrected chi connectivity index (χ3v) is 13.3. The van der Waals surface area contributed by atoms with Gasteiger partial charge in [0.15, 0.2) is 0 Å². The maximum atomic E-state index is 14.5. The number of amides is 4. The Hall–Kier alpha value is -4.40. The maximum Gasteiger partial charge on any atom is 0.405 e. The van der Waals surface area contributed by atoms with Gasteiger partial charge in [-0.2, -0.15) is 0 Å². The summed E-state index contributed by atoms with van der Waals surface area (Å²) in [6.07, 6.45) is 6.83. The minimum Gasteiger partial charge on any atom is -0.496 e. The molecule has 3 fully saturated rings. The van der Waals surface area contributed by atoms with Gasteiger partial charge in [-0.15, -0.1) is 0 Å². The molecule has 14 nitrogen and oxygen atoms in total. The number of allylic oxidation sites excluding steroid dienone is 1. The van der Waals surface area contributed by atoms with Crippen molar-refractivity contribution in [2.24, 2.45) is 17.8 Å². The first-order valence-corrected chi connectivity index (χ1v) is 19.1. The molecule has 276 valence electrons. The van der Waals surface area contributed by atoms with Crippen LogP contribution in [0.4, 0.5) is 4.79 Å². The predicted molar refractivity (Wildman–Crippen MR) is 187 cm³/mol. The number of nitrogens with one attached hydrogen (secondary N) is 3. The van der Waals surface area contributed by atoms with Crippen molar-refractivity contribution in [2.75, 3.05) is 13.7 Å². The molecule has 3 heterocycles. The Balaban J connectivity index is 1.35. The average molecular weight is 726 g/mol. The Morgan fingerprint density at radius 2 is 1.92 bits per heavy atom. The fourth-order valence-electron chi connectivity index (χ4n) is 7.53. The van der Waals surface area contributed by atoms with Crippen molar-refractivity contribution < 1.29 is 42.2 Å². The number of fused-ring (bicyclic) bond motifs is 3. The lowest BCUT2D eigenvalue weighted by molar-refractivity contribution is -0.142. The molecule has 1 aromatic carbocycles. The van der Waals surface area contributed by atoms with Crippen LogP contribution in [0.5, 0.6) is 11.6 Å². The van der Waals surface area contributed by atoms with Crippen molar-refractivity contribution in [3.63, 3.8) is 0 Å². The van der Waals surface area contributed by atoms with Crippen LogP contribution in [0.3, 0.4) is 0 Å². The number of carbonyl (C=O) groups excluding carboxylic acids is 3. The van der Waals surface area contributed by atoms with Crippen molar-refractivity contribution >= 4 is 44.6 Å². The molecule has 51 heavy (non-hydrogen) atoms. The van der Waals surface area contributed by atoms with E-state index in [0.717, 1.165) is 11.8 Å². The lowest BCUT2D eigenvalue weighted by Gasteiger charge is -2.33. The Kier molecular flexibility index (Phi) is 9.96. The van der Waals surface area contributed by atoms with Crippen molar-refractivity contribution in [1.29, 1.82) is 0 Å². The third-order valence-electron chi connectivity index (χ3n) is 11.1. The fraction of sp³-hybridized carbons (Fsp3) is 0.583. The first kappa shape index (κ1) is 36.4. The van der Waals surface area contributed by atoms with Gasteiger partial charge in [-0.25, -0.2) is 18.2 Å². The van der Waals surface area contributed by atoms with Crippen molar-refractivity contribution in [2.45, 2.75) is 101 Å². The summed E-state index contributed by atoms with van der Waals surface area (Å²) in [5.41, 5.74) is -1.54. The van der Waals surface area contributed by atoms with E-state index in [1.165, 1.54) is 4.90 Å². The van der Waals surface area contributed by atoms with Crippen LogP contribution in [0.15, 0.2) is 42.6 Å². The second-order valence-corrected chi connectivity index (χ2v) is 16.9. The maximum absolute atomic E-state index is 14.5. The van der Waals surface area contributed by atoms with Crippen molar-refractivity contribution in [3.8, 4) is 11.6 Å². The van der Waals surface area contributed by atoms with Crippen LogP contribution >= 0.6 is 0 Å². The largest absolute Gasteiger partial charge is 0.496 e. The number of carboxylic acid groups (broad SMARTS) is 1. The van der Waals surface area contributed by atoms with E-state index in [1.54, 1.807) is 32.4 Å². The first-order chi connectivity index (χ1) is 24.2. The summed E-state index contributed by atoms with van der Waals surface area (Å²) in [5, 5.41) is 16.6. The number of hydrogen-bond donors (Lipinski definition) is 4. The Morgan fingerprint density at radius 1 is 1.16 bits per heavy atom. The van der Waals surface area contributed by atoms with E-state index in [0.29, 0.717) is 43.2 Å². The molecule has 2 saturated carbocycles. The topological polar surface area (TPSA) is 193 Å². The van der Waals surface area contributed by atoms with Gasteiger partial charge in [-0.3, -0.25) is 19.1 Å². The van der Waals surface area contributed by atoms with Crippen LogP contribution in [0.1, 0.15) is 72.1 Å². The molecule has 0 spiro atoms. The number of methoxy groups -OCH3 is 1. The van der Waals surface area contributed by atoms with E-state index in [1.807, 2.05) is 31.2 Å². The molecule has 0 radical (unpaired) electrons. The molecule has 15 heteroatoms. The van der Waals surface area contributed by atoms with E-state index >= 15 is 0 Å². The zero-order valence-electron chi connectivity index (χ0n) is 29.4. The highest BCUT2D eigenvalue weighted by atomic mass is 32.2. The summed E-state index contributed by atoms with van der Waals surface area (Å²) in [6, 6.07) is 4.93. The van der Waals surface area contributed by atoms with Gasteiger partial charge >= 0.3 is 6.09 Å². The van der Waals surface area contributed by atoms with Crippen LogP contribution in [-0.2, 0) is 24.4 Å². The van der Waals surface area contributed by atoms with Gasteiger partial charge in [0.2, 0.25) is 27.7 Å². The zero-order chi connectivity index (χ0) is 36.7. The minimum atomic E-state index is -4.00. The molecule has 1 aromatic heterocycles. The van der Waals surface area contributed by atoms with Crippen LogP contribution in [0, 0.1) is 17.8 Å². The van der Waals surface area contributed by atoms with Crippen LogP contribution in [-0.4, -0.2) is 89.4 Å². The van der Waals surface area contributed by atoms with E-state index in [2.05, 4.69) is 27.3 Å². The number of hydrogen-bond acceptors (Lipinski definition) is 9. The number of nitrogens with zero attached hydrogens (tertiary/aromatic N) is 2. The molecular weight excluding hydrogens is 678 g/mol. The number of rotatable bonds is 8. The standard InChI is InChI=1S/C36H47N5O9S/c1-5-22-17-21(2)9-6-7-10-23-19-36(23,33(44)40-51(47,48)35(3)14-15-35)39-30(42)27-18-24(20-41(27)32(43)29(22)38-34(45)46)50-31-26-11-8-12-28(49-4)25(26)13-16-37-31/h7-8,10-13,16,21-24,27,29,38H,5-6,9,14-15,17-20H2,1-4H3,(H,39,42)(H,40,44)(H,45,46)/t21-,22-,23-,24-,27+,29+,36-/m1/s1. The summed E-state index contributed by atoms with van der Waals surface area (Å²) in [4.78, 5) is 60.5. The molecule has 4 N–H and O–H groups in total. The summed E-state index contributed by atoms with van der Waals surface area (Å²) in [7, 11) is -2.44. The lowest BCUT2D eigenvalue weighted by Crippen LogP contribution is -2.59. The van der Waals surface area contributed by atoms with Gasteiger partial charge in [-0.1, -0.05) is 38.5 Å². The van der Waals surface area contributed by atoms with Gasteiger partial charge in [0.1, 0.15) is 29.5 Å². The summed E-state index contributed by atoms with van der Waals surface area (Å²) in [5.74, 6) is -1.84. The molecule has 2 aromatic rings. The molecule has 2 aliphatic heterocycles. The Morgan fingerprint density at radius 3 is 2.61 bits per heavy atom. The highest BCUT2D eigenvalue weighted by molar-refractivity contribution is 7.91. The highest BCUT2D eigenvalue weighted by Crippen LogP contribution is 2.47. The van der Waals surface area contributed by atoms with Crippen LogP contribution in [0.25, 0.3) is 10.8 Å². The number of sulfonamides is 1. The highest BCUT2D eigenvalue weighted by Gasteiger charge is 2.63. The molecule has 1 saturated heterocycles. The van der Waals surface area contributed by atoms with Gasteiger partial charge < -0.3 is 30.1 Å². The molecule has 0 bridgehead atoms. The Labute approximate surface area is 297 Å². The minimum absolute atomic E-state index is 0.0150. The molecule has 4 amide bonds. The van der Waals surface area contributed by atoms with Crippen molar-refractivity contribution in [3.05, 3.63) is 42.6 Å². The molecule has 7 atom stereocenters. The monoisotopic (exact) mass is 725 g/mol. The number of pyridine rings is 1. The van der Waals surface area contributed by atoms with Crippen molar-refractivity contribution in [1.82, 2.24) is 25.2 Å². The smallest absolute Gasteiger partial charge is 0.405 e. The lowest BCUT2D eigenvalue weighted by atomic mass is 9.85. The molecule has 2 aliphatic carbocycles. The van der Waals surface area contributed by atoms with Gasteiger partial charge in [0, 0.05) is 29.3 Å². The normalized spacial score (nSPS) is 30.5. The zero-order valence-corrected chi connectivity index (χ0v) is 30.2. The van der Waals surface area contributed by atoms with E-state index in [-0.39, 0.29) is 37.1 Å². The van der Waals surface area contributed by atoms with Crippen LogP contribution < -0.4 is 24.8 Å². The van der Waals surface area contributed by atoms with E-state index in [9.17, 15) is 32.7 Å². The molecule has 6 rings (SSSR count). The second-order valence-electron chi connectivity index (χ2n) is 14.8. The van der Waals surface area contributed by atoms with Gasteiger partial charge in [0.25, 0.3) is 5.91 Å². The molecule has 0 unspecified atom stereocenters. The average Bonchev–Trinajstić information content (AvgIpc) is 3.97. The second kappa shape index (κ2) is 14.0. The van der Waals surface area contributed by atoms with E-state index in [4.69, 9.17) is 9.47 Å². The molecular formula is C36H47N5O9S. The van der Waals surface area contributed by atoms with Gasteiger partial charge in [-0.05, 0) is 75.5 Å². The fourth-order valence-corrected chi connectivity index (χ4v) is 8.84. The first-order valence-electron chi connectivity index (χ1n) is 17.7. The number of aromatic nitrogens is 1. The summed E-state index contributed by atoms with van der Waals surface area (Å²) in [6.45, 7) is 5.48. The SMILES string of the molecule is CC[C@@H]1C[C@H](C)CCC=C[C@@H]2C[C@@]2(C(=O)NS(=O)(=O)C2(C)CC2)NC(=O)[C@@H]2C[C@@H](Oc3nccc4c(OC)cccc34)CN2C(=O)[C@H]1NC(=O)O. The molecule has 4 aliphatic rings. The van der Waals surface area contributed by atoms with Crippen LogP contribution in [0.2, 0.25) is 0 Å². The number of ether oxygens (including phenoxy) is 2. The summed E-state index contributed by atoms with van der Waals surface area (Å²) < 4.78 is 39.3. The number of carbonyl (C=O) groups is 4. The quantitative estimate of drug-likeness (QED) is 0.293. The predicted octanol–water partition coefficient (Wildman–Crippen LogP) is 3.50. The Bertz CT molecular complexity index is 1850.